The quantitative estimate of drug-likeness (QED) is 0.760. The highest BCUT2D eigenvalue weighted by molar-refractivity contribution is 5.81. The molecule has 1 heterocycles. The number of carbonyl (C=O) groups excluding carboxylic acids is 1. The molecule has 1 saturated heterocycles. The number of carbonyl (C=O) groups is 2. The Morgan fingerprint density at radius 2 is 2.06 bits per heavy atom. The molecule has 2 rings (SSSR count). The number of morpholine rings is 1. The van der Waals surface area contributed by atoms with E-state index in [1.54, 1.807) is 4.90 Å². The number of carboxylic acid groups (broad SMARTS) is 1. The topological polar surface area (TPSA) is 90.6 Å². The van der Waals surface area contributed by atoms with Crippen LogP contribution in [-0.2, 0) is 14.3 Å². The number of aliphatic carboxylic acids is 1. The molecule has 1 aliphatic heterocycles. The number of hydrogen-bond acceptors (Lipinski definition) is 4. The van der Waals surface area contributed by atoms with Crippen LogP contribution in [0.3, 0.4) is 0 Å². The smallest absolute Gasteiger partial charge is 0.306 e. The molecule has 2 fully saturated rings. The Labute approximate surface area is 105 Å². The molecule has 0 bridgehead atoms. The number of nitrogens with zero attached hydrogens (tertiary/aromatic N) is 2. The summed E-state index contributed by atoms with van der Waals surface area (Å²) in [6.45, 7) is 1.16. The molecule has 1 N–H and O–H groups in total. The summed E-state index contributed by atoms with van der Waals surface area (Å²) < 4.78 is 5.18. The lowest BCUT2D eigenvalue weighted by Gasteiger charge is -2.31. The van der Waals surface area contributed by atoms with Crippen molar-refractivity contribution in [3.05, 3.63) is 0 Å². The van der Waals surface area contributed by atoms with Gasteiger partial charge in [-0.3, -0.25) is 9.59 Å². The SMILES string of the molecule is N#CC1CN(C(=O)C2CCC(C(=O)O)C2)CCO1. The van der Waals surface area contributed by atoms with Gasteiger partial charge in [-0.05, 0) is 19.3 Å². The minimum absolute atomic E-state index is 0.0256. The molecular weight excluding hydrogens is 236 g/mol. The molecule has 0 spiro atoms. The van der Waals surface area contributed by atoms with Crippen LogP contribution in [0.5, 0.6) is 0 Å². The van der Waals surface area contributed by atoms with Crippen molar-refractivity contribution in [3.8, 4) is 6.07 Å². The fourth-order valence-electron chi connectivity index (χ4n) is 2.62. The molecule has 3 atom stereocenters. The first-order chi connectivity index (χ1) is 8.61. The molecule has 1 amide bonds. The predicted molar refractivity (Wildman–Crippen MR) is 60.4 cm³/mol. The van der Waals surface area contributed by atoms with E-state index < -0.39 is 18.0 Å². The molecule has 1 saturated carbocycles. The van der Waals surface area contributed by atoms with Gasteiger partial charge >= 0.3 is 5.97 Å². The van der Waals surface area contributed by atoms with Gasteiger partial charge in [0.2, 0.25) is 5.91 Å². The average Bonchev–Trinajstić information content (AvgIpc) is 2.87. The van der Waals surface area contributed by atoms with Crippen molar-refractivity contribution in [2.45, 2.75) is 25.4 Å². The summed E-state index contributed by atoms with van der Waals surface area (Å²) in [6.07, 6.45) is 1.06. The molecule has 6 nitrogen and oxygen atoms in total. The molecule has 0 aromatic carbocycles. The molecule has 3 unspecified atom stereocenters. The number of nitriles is 1. The third kappa shape index (κ3) is 2.62. The van der Waals surface area contributed by atoms with Gasteiger partial charge in [0.05, 0.1) is 25.1 Å². The lowest BCUT2D eigenvalue weighted by atomic mass is 10.0. The van der Waals surface area contributed by atoms with Gasteiger partial charge in [-0.25, -0.2) is 0 Å². The van der Waals surface area contributed by atoms with Gasteiger partial charge in [0.1, 0.15) is 0 Å². The van der Waals surface area contributed by atoms with Crippen LogP contribution in [0.25, 0.3) is 0 Å². The van der Waals surface area contributed by atoms with Crippen LogP contribution < -0.4 is 0 Å². The van der Waals surface area contributed by atoms with Gasteiger partial charge in [-0.1, -0.05) is 0 Å². The molecule has 6 heteroatoms. The van der Waals surface area contributed by atoms with E-state index in [1.165, 1.54) is 0 Å². The fraction of sp³-hybridized carbons (Fsp3) is 0.750. The van der Waals surface area contributed by atoms with E-state index >= 15 is 0 Å². The maximum absolute atomic E-state index is 12.2. The van der Waals surface area contributed by atoms with E-state index in [4.69, 9.17) is 15.1 Å². The Morgan fingerprint density at radius 1 is 1.33 bits per heavy atom. The highest BCUT2D eigenvalue weighted by Gasteiger charge is 2.37. The Bertz CT molecular complexity index is 390. The van der Waals surface area contributed by atoms with E-state index in [0.29, 0.717) is 39.0 Å². The molecule has 0 aromatic heterocycles. The van der Waals surface area contributed by atoms with Gasteiger partial charge < -0.3 is 14.7 Å². The normalized spacial score (nSPS) is 31.9. The number of hydrogen-bond donors (Lipinski definition) is 1. The molecule has 0 radical (unpaired) electrons. The maximum atomic E-state index is 12.2. The summed E-state index contributed by atoms with van der Waals surface area (Å²) in [4.78, 5) is 24.7. The van der Waals surface area contributed by atoms with Crippen LogP contribution in [0.1, 0.15) is 19.3 Å². The summed E-state index contributed by atoms with van der Waals surface area (Å²) in [7, 11) is 0. The third-order valence-electron chi connectivity index (χ3n) is 3.65. The van der Waals surface area contributed by atoms with Crippen LogP contribution in [0.15, 0.2) is 0 Å². The van der Waals surface area contributed by atoms with Crippen LogP contribution in [0.4, 0.5) is 0 Å². The molecule has 2 aliphatic rings. The largest absolute Gasteiger partial charge is 0.481 e. The Balaban J connectivity index is 1.92. The van der Waals surface area contributed by atoms with Crippen molar-refractivity contribution < 1.29 is 19.4 Å². The zero-order chi connectivity index (χ0) is 13.1. The number of ether oxygens (including phenoxy) is 1. The van der Waals surface area contributed by atoms with Crippen molar-refractivity contribution in [3.63, 3.8) is 0 Å². The Hall–Kier alpha value is -1.61. The maximum Gasteiger partial charge on any atom is 0.306 e. The summed E-state index contributed by atoms with van der Waals surface area (Å²) in [5, 5.41) is 17.7. The fourth-order valence-corrected chi connectivity index (χ4v) is 2.62. The zero-order valence-corrected chi connectivity index (χ0v) is 10.0. The summed E-state index contributed by atoms with van der Waals surface area (Å²) in [6, 6.07) is 2.00. The average molecular weight is 252 g/mol. The molecular formula is C12H16N2O4. The van der Waals surface area contributed by atoms with E-state index in [0.717, 1.165) is 0 Å². The van der Waals surface area contributed by atoms with Crippen molar-refractivity contribution >= 4 is 11.9 Å². The lowest BCUT2D eigenvalue weighted by Crippen LogP contribution is -2.47. The standard InChI is InChI=1S/C12H16N2O4/c13-6-10-7-14(3-4-18-10)11(15)8-1-2-9(5-8)12(16)17/h8-10H,1-5,7H2,(H,16,17). The first-order valence-electron chi connectivity index (χ1n) is 6.14. The van der Waals surface area contributed by atoms with Gasteiger partial charge in [-0.2, -0.15) is 5.26 Å². The predicted octanol–water partition coefficient (Wildman–Crippen LogP) is 0.238. The summed E-state index contributed by atoms with van der Waals surface area (Å²) in [5.74, 6) is -1.44. The lowest BCUT2D eigenvalue weighted by molar-refractivity contribution is -0.143. The third-order valence-corrected chi connectivity index (χ3v) is 3.65. The van der Waals surface area contributed by atoms with E-state index in [1.807, 2.05) is 6.07 Å². The highest BCUT2D eigenvalue weighted by Crippen LogP contribution is 2.32. The van der Waals surface area contributed by atoms with Crippen molar-refractivity contribution in [1.82, 2.24) is 4.90 Å². The van der Waals surface area contributed by atoms with E-state index in [-0.39, 0.29) is 11.8 Å². The molecule has 18 heavy (non-hydrogen) atoms. The van der Waals surface area contributed by atoms with E-state index in [2.05, 4.69) is 0 Å². The number of amides is 1. The minimum atomic E-state index is -0.817. The van der Waals surface area contributed by atoms with Gasteiger partial charge in [0.25, 0.3) is 0 Å². The molecule has 98 valence electrons. The first-order valence-corrected chi connectivity index (χ1v) is 6.14. The van der Waals surface area contributed by atoms with Crippen LogP contribution in [0.2, 0.25) is 0 Å². The van der Waals surface area contributed by atoms with Crippen LogP contribution in [0, 0.1) is 23.2 Å². The van der Waals surface area contributed by atoms with Crippen LogP contribution >= 0.6 is 0 Å². The number of carboxylic acids is 1. The Kier molecular flexibility index (Phi) is 3.82. The highest BCUT2D eigenvalue weighted by atomic mass is 16.5. The van der Waals surface area contributed by atoms with Gasteiger partial charge in [0.15, 0.2) is 6.10 Å². The van der Waals surface area contributed by atoms with Gasteiger partial charge in [-0.15, -0.1) is 0 Å². The first kappa shape index (κ1) is 12.8. The second kappa shape index (κ2) is 5.36. The molecule has 0 aromatic rings. The zero-order valence-electron chi connectivity index (χ0n) is 10.0. The van der Waals surface area contributed by atoms with Crippen molar-refractivity contribution in [2.75, 3.05) is 19.7 Å². The summed E-state index contributed by atoms with van der Waals surface area (Å²) in [5.41, 5.74) is 0. The van der Waals surface area contributed by atoms with E-state index in [9.17, 15) is 9.59 Å². The van der Waals surface area contributed by atoms with Crippen LogP contribution in [-0.4, -0.2) is 47.7 Å². The summed E-state index contributed by atoms with van der Waals surface area (Å²) >= 11 is 0. The number of rotatable bonds is 2. The second-order valence-electron chi connectivity index (χ2n) is 4.82. The Morgan fingerprint density at radius 3 is 2.67 bits per heavy atom. The van der Waals surface area contributed by atoms with Gasteiger partial charge in [0, 0.05) is 12.5 Å². The van der Waals surface area contributed by atoms with Crippen molar-refractivity contribution in [1.29, 1.82) is 5.26 Å². The molecule has 1 aliphatic carbocycles. The van der Waals surface area contributed by atoms with Crippen molar-refractivity contribution in [2.24, 2.45) is 11.8 Å². The minimum Gasteiger partial charge on any atom is -0.481 e. The monoisotopic (exact) mass is 252 g/mol. The second-order valence-corrected chi connectivity index (χ2v) is 4.82.